The third-order valence-corrected chi connectivity index (χ3v) is 2.32. The van der Waals surface area contributed by atoms with Crippen molar-refractivity contribution in [2.24, 2.45) is 5.92 Å². The van der Waals surface area contributed by atoms with Crippen molar-refractivity contribution >= 4 is 11.6 Å². The summed E-state index contributed by atoms with van der Waals surface area (Å²) >= 11 is 0. The number of amides is 1. The first-order valence-corrected chi connectivity index (χ1v) is 5.34. The van der Waals surface area contributed by atoms with E-state index < -0.39 is 35.0 Å². The lowest BCUT2D eigenvalue weighted by molar-refractivity contribution is -0.118. The van der Waals surface area contributed by atoms with Gasteiger partial charge in [-0.05, 0) is 6.42 Å². The third kappa shape index (κ3) is 3.23. The molecule has 3 nitrogen and oxygen atoms in total. The Balaban J connectivity index is 2.88. The fourth-order valence-electron chi connectivity index (χ4n) is 1.38. The fourth-order valence-corrected chi connectivity index (χ4v) is 1.38. The Bertz CT molecular complexity index is 497. The lowest BCUT2D eigenvalue weighted by atomic mass is 10.0. The molecule has 0 aromatic heterocycles. The van der Waals surface area contributed by atoms with Crippen molar-refractivity contribution in [2.75, 3.05) is 5.32 Å². The molecule has 0 aliphatic rings. The van der Waals surface area contributed by atoms with Gasteiger partial charge in [0.05, 0.1) is 11.8 Å². The van der Waals surface area contributed by atoms with Crippen molar-refractivity contribution in [1.82, 2.24) is 0 Å². The van der Waals surface area contributed by atoms with Crippen LogP contribution >= 0.6 is 0 Å². The third-order valence-electron chi connectivity index (χ3n) is 2.32. The summed E-state index contributed by atoms with van der Waals surface area (Å²) in [6, 6.07) is 2.65. The number of anilines is 1. The van der Waals surface area contributed by atoms with Gasteiger partial charge in [0.2, 0.25) is 5.91 Å². The van der Waals surface area contributed by atoms with E-state index in [9.17, 15) is 18.0 Å². The number of nitrogens with zero attached hydrogens (tertiary/aromatic N) is 1. The number of hydrogen-bond acceptors (Lipinski definition) is 2. The summed E-state index contributed by atoms with van der Waals surface area (Å²) in [5, 5.41) is 10.8. The number of hydrogen-bond donors (Lipinski definition) is 1. The SMILES string of the molecule is CCCC(C#N)C(=O)Nc1cc(F)c(F)cc1F. The number of benzene rings is 1. The van der Waals surface area contributed by atoms with Crippen LogP contribution in [0.1, 0.15) is 19.8 Å². The Morgan fingerprint density at radius 3 is 2.50 bits per heavy atom. The summed E-state index contributed by atoms with van der Waals surface area (Å²) in [6.45, 7) is 1.79. The Morgan fingerprint density at radius 1 is 1.33 bits per heavy atom. The van der Waals surface area contributed by atoms with Gasteiger partial charge in [0.15, 0.2) is 11.6 Å². The van der Waals surface area contributed by atoms with Crippen molar-refractivity contribution in [3.63, 3.8) is 0 Å². The fraction of sp³-hybridized carbons (Fsp3) is 0.333. The molecule has 0 fully saturated rings. The first-order valence-electron chi connectivity index (χ1n) is 5.34. The van der Waals surface area contributed by atoms with Gasteiger partial charge in [-0.25, -0.2) is 13.2 Å². The minimum atomic E-state index is -1.34. The Kier molecular flexibility index (Phi) is 4.72. The Hall–Kier alpha value is -2.03. The van der Waals surface area contributed by atoms with Crippen LogP contribution in [0.25, 0.3) is 0 Å². The van der Waals surface area contributed by atoms with Gasteiger partial charge in [0.25, 0.3) is 0 Å². The first kappa shape index (κ1) is 14.0. The van der Waals surface area contributed by atoms with Crippen molar-refractivity contribution < 1.29 is 18.0 Å². The van der Waals surface area contributed by atoms with E-state index in [1.807, 2.05) is 0 Å². The number of halogens is 3. The standard InChI is InChI=1S/C12H11F3N2O/c1-2-3-7(6-16)12(18)17-11-5-9(14)8(13)4-10(11)15/h4-5,7H,2-3H2,1H3,(H,17,18). The highest BCUT2D eigenvalue weighted by Gasteiger charge is 2.19. The molecular weight excluding hydrogens is 245 g/mol. The van der Waals surface area contributed by atoms with Gasteiger partial charge in [-0.2, -0.15) is 5.26 Å². The van der Waals surface area contributed by atoms with Crippen LogP contribution in [0, 0.1) is 34.7 Å². The van der Waals surface area contributed by atoms with E-state index in [0.29, 0.717) is 25.0 Å². The van der Waals surface area contributed by atoms with Gasteiger partial charge in [-0.15, -0.1) is 0 Å². The molecule has 0 saturated heterocycles. The number of nitrogens with one attached hydrogen (secondary N) is 1. The maximum Gasteiger partial charge on any atom is 0.241 e. The summed E-state index contributed by atoms with van der Waals surface area (Å²) < 4.78 is 38.8. The van der Waals surface area contributed by atoms with Crippen molar-refractivity contribution in [3.8, 4) is 6.07 Å². The van der Waals surface area contributed by atoms with Gasteiger partial charge in [-0.3, -0.25) is 4.79 Å². The van der Waals surface area contributed by atoms with Crippen LogP contribution in [0.4, 0.5) is 18.9 Å². The maximum absolute atomic E-state index is 13.2. The Morgan fingerprint density at radius 2 is 1.94 bits per heavy atom. The molecule has 1 atom stereocenters. The molecule has 1 aromatic rings. The predicted octanol–water partition coefficient (Wildman–Crippen LogP) is 2.98. The molecule has 1 amide bonds. The van der Waals surface area contributed by atoms with Gasteiger partial charge >= 0.3 is 0 Å². The molecule has 18 heavy (non-hydrogen) atoms. The molecule has 1 rings (SSSR count). The second kappa shape index (κ2) is 6.05. The van der Waals surface area contributed by atoms with Crippen molar-refractivity contribution in [2.45, 2.75) is 19.8 Å². The van der Waals surface area contributed by atoms with Crippen LogP contribution in [0.5, 0.6) is 0 Å². The normalized spacial score (nSPS) is 11.7. The zero-order chi connectivity index (χ0) is 13.7. The summed E-state index contributed by atoms with van der Waals surface area (Å²) in [5.41, 5.74) is -0.477. The molecule has 1 N–H and O–H groups in total. The van der Waals surface area contributed by atoms with Crippen LogP contribution in [-0.2, 0) is 4.79 Å². The topological polar surface area (TPSA) is 52.9 Å². The highest BCUT2D eigenvalue weighted by molar-refractivity contribution is 5.94. The molecule has 0 bridgehead atoms. The minimum absolute atomic E-state index is 0.313. The van der Waals surface area contributed by atoms with E-state index in [1.54, 1.807) is 13.0 Å². The van der Waals surface area contributed by atoms with E-state index >= 15 is 0 Å². The minimum Gasteiger partial charge on any atom is -0.322 e. The monoisotopic (exact) mass is 256 g/mol. The van der Waals surface area contributed by atoms with Crippen LogP contribution in [0.15, 0.2) is 12.1 Å². The summed E-state index contributed by atoms with van der Waals surface area (Å²) in [7, 11) is 0. The van der Waals surface area contributed by atoms with Gasteiger partial charge < -0.3 is 5.32 Å². The molecule has 0 heterocycles. The molecule has 0 aliphatic heterocycles. The van der Waals surface area contributed by atoms with Crippen LogP contribution < -0.4 is 5.32 Å². The highest BCUT2D eigenvalue weighted by Crippen LogP contribution is 2.19. The highest BCUT2D eigenvalue weighted by atomic mass is 19.2. The molecule has 0 aliphatic carbocycles. The van der Waals surface area contributed by atoms with E-state index in [-0.39, 0.29) is 0 Å². The zero-order valence-electron chi connectivity index (χ0n) is 9.64. The number of carbonyl (C=O) groups is 1. The Labute approximate surface area is 102 Å². The van der Waals surface area contributed by atoms with E-state index in [4.69, 9.17) is 5.26 Å². The quantitative estimate of drug-likeness (QED) is 0.842. The van der Waals surface area contributed by atoms with E-state index in [2.05, 4.69) is 5.32 Å². The smallest absolute Gasteiger partial charge is 0.241 e. The predicted molar refractivity (Wildman–Crippen MR) is 59.0 cm³/mol. The van der Waals surface area contributed by atoms with Crippen molar-refractivity contribution in [1.29, 1.82) is 5.26 Å². The molecule has 0 saturated carbocycles. The number of rotatable bonds is 4. The summed E-state index contributed by atoms with van der Waals surface area (Å²) in [4.78, 5) is 11.6. The lowest BCUT2D eigenvalue weighted by Crippen LogP contribution is -2.22. The van der Waals surface area contributed by atoms with Gasteiger partial charge in [-0.1, -0.05) is 13.3 Å². The van der Waals surface area contributed by atoms with Crippen LogP contribution in [0.3, 0.4) is 0 Å². The largest absolute Gasteiger partial charge is 0.322 e. The van der Waals surface area contributed by atoms with E-state index in [1.165, 1.54) is 0 Å². The lowest BCUT2D eigenvalue weighted by Gasteiger charge is -2.10. The average Bonchev–Trinajstić information content (AvgIpc) is 2.32. The second-order valence-electron chi connectivity index (χ2n) is 3.71. The number of nitriles is 1. The molecular formula is C12H11F3N2O. The van der Waals surface area contributed by atoms with Crippen LogP contribution in [0.2, 0.25) is 0 Å². The number of carbonyl (C=O) groups excluding carboxylic acids is 1. The van der Waals surface area contributed by atoms with E-state index in [0.717, 1.165) is 0 Å². The zero-order valence-corrected chi connectivity index (χ0v) is 9.64. The van der Waals surface area contributed by atoms with Gasteiger partial charge in [0.1, 0.15) is 11.7 Å². The average molecular weight is 256 g/mol. The molecule has 0 radical (unpaired) electrons. The van der Waals surface area contributed by atoms with Crippen LogP contribution in [-0.4, -0.2) is 5.91 Å². The second-order valence-corrected chi connectivity index (χ2v) is 3.71. The molecule has 1 unspecified atom stereocenters. The van der Waals surface area contributed by atoms with Crippen molar-refractivity contribution in [3.05, 3.63) is 29.6 Å². The molecule has 1 aromatic carbocycles. The summed E-state index contributed by atoms with van der Waals surface area (Å²) in [6.07, 6.45) is 0.916. The molecule has 96 valence electrons. The summed E-state index contributed by atoms with van der Waals surface area (Å²) in [5.74, 6) is -5.37. The van der Waals surface area contributed by atoms with Gasteiger partial charge in [0, 0.05) is 12.1 Å². The molecule has 6 heteroatoms. The molecule has 0 spiro atoms. The maximum atomic E-state index is 13.2. The first-order chi connectivity index (χ1) is 8.49.